The molecule has 106 valence electrons. The quantitative estimate of drug-likeness (QED) is 0.932. The molecule has 2 aromatic rings. The Bertz CT molecular complexity index is 553. The molecule has 1 aliphatic heterocycles. The van der Waals surface area contributed by atoms with E-state index >= 15 is 0 Å². The fourth-order valence-corrected chi connectivity index (χ4v) is 2.85. The predicted molar refractivity (Wildman–Crippen MR) is 80.5 cm³/mol. The summed E-state index contributed by atoms with van der Waals surface area (Å²) in [6.07, 6.45) is 9.15. The van der Waals surface area contributed by atoms with Crippen molar-refractivity contribution in [2.45, 2.75) is 45.2 Å². The highest BCUT2D eigenvalue weighted by molar-refractivity contribution is 5.49. The first kappa shape index (κ1) is 13.3. The van der Waals surface area contributed by atoms with Crippen LogP contribution in [-0.4, -0.2) is 27.1 Å². The molecule has 0 bridgehead atoms. The minimum Gasteiger partial charge on any atom is -0.328 e. The van der Waals surface area contributed by atoms with Gasteiger partial charge in [0.2, 0.25) is 0 Å². The molecular weight excluding hydrogens is 248 g/mol. The molecule has 1 aliphatic rings. The molecule has 1 unspecified atom stereocenters. The van der Waals surface area contributed by atoms with E-state index in [4.69, 9.17) is 0 Å². The van der Waals surface area contributed by atoms with Gasteiger partial charge in [-0.3, -0.25) is 0 Å². The van der Waals surface area contributed by atoms with Crippen molar-refractivity contribution in [3.8, 4) is 11.5 Å². The zero-order valence-electron chi connectivity index (χ0n) is 12.0. The molecule has 0 amide bonds. The summed E-state index contributed by atoms with van der Waals surface area (Å²) in [4.78, 5) is 9.07. The van der Waals surface area contributed by atoms with Gasteiger partial charge in [0.15, 0.2) is 5.82 Å². The van der Waals surface area contributed by atoms with Crippen molar-refractivity contribution >= 4 is 0 Å². The van der Waals surface area contributed by atoms with Gasteiger partial charge in [-0.15, -0.1) is 0 Å². The van der Waals surface area contributed by atoms with E-state index < -0.39 is 0 Å². The first-order chi connectivity index (χ1) is 9.83. The van der Waals surface area contributed by atoms with Gasteiger partial charge in [-0.1, -0.05) is 18.9 Å². The molecule has 3 heterocycles. The number of nitrogens with one attached hydrogen (secondary N) is 1. The van der Waals surface area contributed by atoms with Crippen LogP contribution >= 0.6 is 0 Å². The zero-order chi connectivity index (χ0) is 13.8. The maximum absolute atomic E-state index is 4.58. The van der Waals surface area contributed by atoms with Crippen molar-refractivity contribution < 1.29 is 0 Å². The molecule has 20 heavy (non-hydrogen) atoms. The number of nitrogens with zero attached hydrogens (tertiary/aromatic N) is 3. The summed E-state index contributed by atoms with van der Waals surface area (Å²) in [5.41, 5.74) is 1.99. The highest BCUT2D eigenvalue weighted by Crippen LogP contribution is 2.17. The van der Waals surface area contributed by atoms with E-state index in [1.807, 2.05) is 31.3 Å². The lowest BCUT2D eigenvalue weighted by atomic mass is 10.1. The van der Waals surface area contributed by atoms with Crippen molar-refractivity contribution in [2.75, 3.05) is 6.54 Å². The summed E-state index contributed by atoms with van der Waals surface area (Å²) in [6, 6.07) is 6.64. The number of aryl methyl sites for hydroxylation is 1. The summed E-state index contributed by atoms with van der Waals surface area (Å²) in [5, 5.41) is 3.64. The number of imidazole rings is 1. The first-order valence-corrected chi connectivity index (χ1v) is 7.51. The van der Waals surface area contributed by atoms with Crippen LogP contribution in [0.5, 0.6) is 0 Å². The molecule has 1 atom stereocenters. The summed E-state index contributed by atoms with van der Waals surface area (Å²) in [6.45, 7) is 4.13. The zero-order valence-corrected chi connectivity index (χ0v) is 12.0. The van der Waals surface area contributed by atoms with E-state index in [0.717, 1.165) is 30.3 Å². The largest absolute Gasteiger partial charge is 0.328 e. The smallest absolute Gasteiger partial charge is 0.158 e. The molecule has 0 radical (unpaired) electrons. The molecule has 1 saturated heterocycles. The van der Waals surface area contributed by atoms with E-state index in [-0.39, 0.29) is 0 Å². The Morgan fingerprint density at radius 1 is 1.30 bits per heavy atom. The molecule has 3 rings (SSSR count). The fourth-order valence-electron chi connectivity index (χ4n) is 2.85. The van der Waals surface area contributed by atoms with Gasteiger partial charge in [0.05, 0.1) is 0 Å². The Morgan fingerprint density at radius 3 is 3.15 bits per heavy atom. The fraction of sp³-hybridized carbons (Fsp3) is 0.500. The molecule has 1 fully saturated rings. The molecular formula is C16H22N4. The number of aromatic nitrogens is 3. The van der Waals surface area contributed by atoms with Gasteiger partial charge in [-0.05, 0) is 38.4 Å². The maximum Gasteiger partial charge on any atom is 0.158 e. The second kappa shape index (κ2) is 6.18. The monoisotopic (exact) mass is 270 g/mol. The Hall–Kier alpha value is -1.68. The average molecular weight is 270 g/mol. The van der Waals surface area contributed by atoms with Crippen molar-refractivity contribution in [3.05, 3.63) is 36.3 Å². The minimum atomic E-state index is 0.551. The van der Waals surface area contributed by atoms with Crippen LogP contribution < -0.4 is 5.32 Å². The Balaban J connectivity index is 1.79. The Kier molecular flexibility index (Phi) is 4.11. The van der Waals surface area contributed by atoms with Crippen LogP contribution in [-0.2, 0) is 6.54 Å². The Labute approximate surface area is 120 Å². The van der Waals surface area contributed by atoms with Crippen LogP contribution in [0.2, 0.25) is 0 Å². The lowest BCUT2D eigenvalue weighted by Gasteiger charge is -2.17. The van der Waals surface area contributed by atoms with Crippen LogP contribution in [0.15, 0.2) is 30.6 Å². The van der Waals surface area contributed by atoms with Gasteiger partial charge in [0.25, 0.3) is 0 Å². The molecule has 0 aromatic carbocycles. The lowest BCUT2D eigenvalue weighted by molar-refractivity contribution is 0.446. The van der Waals surface area contributed by atoms with E-state index in [1.54, 1.807) is 0 Å². The minimum absolute atomic E-state index is 0.551. The topological polar surface area (TPSA) is 42.7 Å². The third-order valence-electron chi connectivity index (χ3n) is 3.91. The van der Waals surface area contributed by atoms with Crippen molar-refractivity contribution in [2.24, 2.45) is 0 Å². The van der Waals surface area contributed by atoms with Crippen LogP contribution in [0, 0.1) is 6.92 Å². The second-order valence-electron chi connectivity index (χ2n) is 5.57. The van der Waals surface area contributed by atoms with E-state index in [0.29, 0.717) is 6.04 Å². The third-order valence-corrected chi connectivity index (χ3v) is 3.91. The average Bonchev–Trinajstić information content (AvgIpc) is 2.74. The van der Waals surface area contributed by atoms with Crippen LogP contribution in [0.25, 0.3) is 11.5 Å². The Morgan fingerprint density at radius 2 is 2.25 bits per heavy atom. The molecule has 2 aromatic heterocycles. The second-order valence-corrected chi connectivity index (χ2v) is 5.57. The van der Waals surface area contributed by atoms with E-state index in [2.05, 4.69) is 26.0 Å². The van der Waals surface area contributed by atoms with Crippen LogP contribution in [0.3, 0.4) is 0 Å². The molecule has 1 N–H and O–H groups in total. The lowest BCUT2D eigenvalue weighted by Crippen LogP contribution is -2.32. The van der Waals surface area contributed by atoms with Crippen LogP contribution in [0.4, 0.5) is 0 Å². The SMILES string of the molecule is Cc1cccc(-c2nccn2CC2CCCCCN2)n1. The van der Waals surface area contributed by atoms with E-state index in [1.165, 1.54) is 25.7 Å². The number of hydrogen-bond acceptors (Lipinski definition) is 3. The summed E-state index contributed by atoms with van der Waals surface area (Å²) in [7, 11) is 0. The van der Waals surface area contributed by atoms with Crippen molar-refractivity contribution in [3.63, 3.8) is 0 Å². The number of hydrogen-bond donors (Lipinski definition) is 1. The normalized spacial score (nSPS) is 19.8. The molecule has 0 saturated carbocycles. The van der Waals surface area contributed by atoms with Gasteiger partial charge in [0.1, 0.15) is 5.69 Å². The highest BCUT2D eigenvalue weighted by Gasteiger charge is 2.15. The molecule has 4 heteroatoms. The number of rotatable bonds is 3. The van der Waals surface area contributed by atoms with Crippen molar-refractivity contribution in [1.82, 2.24) is 19.9 Å². The van der Waals surface area contributed by atoms with Gasteiger partial charge >= 0.3 is 0 Å². The van der Waals surface area contributed by atoms with E-state index in [9.17, 15) is 0 Å². The third kappa shape index (κ3) is 3.07. The van der Waals surface area contributed by atoms with Gasteiger partial charge in [-0.2, -0.15) is 0 Å². The van der Waals surface area contributed by atoms with Gasteiger partial charge in [0, 0.05) is 30.7 Å². The van der Waals surface area contributed by atoms with Gasteiger partial charge < -0.3 is 9.88 Å². The highest BCUT2D eigenvalue weighted by atomic mass is 15.1. The molecule has 0 aliphatic carbocycles. The standard InChI is InChI=1S/C16H22N4/c1-13-6-5-8-15(19-13)16-18-10-11-20(16)12-14-7-3-2-4-9-17-14/h5-6,8,10-11,14,17H,2-4,7,9,12H2,1H3. The molecule has 0 spiro atoms. The predicted octanol–water partition coefficient (Wildman–Crippen LogP) is 2.79. The number of pyridine rings is 1. The summed E-state index contributed by atoms with van der Waals surface area (Å²) < 4.78 is 2.23. The first-order valence-electron chi connectivity index (χ1n) is 7.51. The maximum atomic E-state index is 4.58. The molecule has 4 nitrogen and oxygen atoms in total. The summed E-state index contributed by atoms with van der Waals surface area (Å²) >= 11 is 0. The van der Waals surface area contributed by atoms with Crippen LogP contribution in [0.1, 0.15) is 31.4 Å². The summed E-state index contributed by atoms with van der Waals surface area (Å²) in [5.74, 6) is 0.972. The van der Waals surface area contributed by atoms with Crippen molar-refractivity contribution in [1.29, 1.82) is 0 Å². The van der Waals surface area contributed by atoms with Gasteiger partial charge in [-0.25, -0.2) is 9.97 Å².